The van der Waals surface area contributed by atoms with E-state index >= 15 is 0 Å². The van der Waals surface area contributed by atoms with Crippen LogP contribution in [0.15, 0.2) is 47.4 Å². The summed E-state index contributed by atoms with van der Waals surface area (Å²) in [5.74, 6) is 1.19. The number of fused-ring (bicyclic) bond motifs is 1. The van der Waals surface area contributed by atoms with Crippen molar-refractivity contribution in [3.05, 3.63) is 53.1 Å². The van der Waals surface area contributed by atoms with E-state index in [4.69, 9.17) is 16.3 Å². The van der Waals surface area contributed by atoms with Crippen LogP contribution in [0.1, 0.15) is 16.8 Å². The van der Waals surface area contributed by atoms with Crippen molar-refractivity contribution in [2.24, 2.45) is 0 Å². The van der Waals surface area contributed by atoms with Gasteiger partial charge in [0, 0.05) is 29.7 Å². The average Bonchev–Trinajstić information content (AvgIpc) is 2.82. The minimum absolute atomic E-state index is 0.0256. The Labute approximate surface area is 161 Å². The number of nitrogens with zero attached hydrogens (tertiary/aromatic N) is 1. The SMILES string of the molecule is CN(CCOc1ccccc1Cl)C(=O)c1ccc2c(c1)NC(=O)CCS2. The highest BCUT2D eigenvalue weighted by Gasteiger charge is 2.17. The fourth-order valence-electron chi connectivity index (χ4n) is 2.53. The molecular formula is C19H19ClN2O3S. The summed E-state index contributed by atoms with van der Waals surface area (Å²) in [6.45, 7) is 0.756. The van der Waals surface area contributed by atoms with Crippen molar-refractivity contribution in [1.29, 1.82) is 0 Å². The Bertz CT molecular complexity index is 828. The lowest BCUT2D eigenvalue weighted by atomic mass is 10.1. The predicted molar refractivity (Wildman–Crippen MR) is 104 cm³/mol. The molecule has 3 rings (SSSR count). The first kappa shape index (κ1) is 18.6. The second-order valence-electron chi connectivity index (χ2n) is 5.86. The van der Waals surface area contributed by atoms with Crippen molar-refractivity contribution in [3.63, 3.8) is 0 Å². The van der Waals surface area contributed by atoms with Crippen LogP contribution in [-0.2, 0) is 4.79 Å². The number of amides is 2. The normalized spacial score (nSPS) is 13.4. The maximum atomic E-state index is 12.6. The topological polar surface area (TPSA) is 58.6 Å². The van der Waals surface area contributed by atoms with Crippen LogP contribution in [0.25, 0.3) is 0 Å². The molecule has 0 saturated carbocycles. The lowest BCUT2D eigenvalue weighted by Crippen LogP contribution is -2.31. The summed E-state index contributed by atoms with van der Waals surface area (Å²) in [4.78, 5) is 26.9. The molecule has 0 unspecified atom stereocenters. The molecule has 136 valence electrons. The number of ether oxygens (including phenoxy) is 1. The molecule has 0 atom stereocenters. The van der Waals surface area contributed by atoms with Crippen molar-refractivity contribution in [2.45, 2.75) is 11.3 Å². The van der Waals surface area contributed by atoms with Crippen LogP contribution >= 0.6 is 23.4 Å². The van der Waals surface area contributed by atoms with Gasteiger partial charge in [0.1, 0.15) is 12.4 Å². The van der Waals surface area contributed by atoms with Gasteiger partial charge in [0.05, 0.1) is 17.3 Å². The first-order valence-corrected chi connectivity index (χ1v) is 9.60. The molecule has 0 saturated heterocycles. The second kappa shape index (κ2) is 8.47. The molecule has 0 spiro atoms. The molecule has 0 radical (unpaired) electrons. The van der Waals surface area contributed by atoms with Gasteiger partial charge in [-0.3, -0.25) is 9.59 Å². The highest BCUT2D eigenvalue weighted by atomic mass is 35.5. The summed E-state index contributed by atoms with van der Waals surface area (Å²) >= 11 is 7.66. The Balaban J connectivity index is 1.61. The molecule has 1 heterocycles. The molecule has 2 amide bonds. The van der Waals surface area contributed by atoms with Crippen LogP contribution in [0.3, 0.4) is 0 Å². The van der Waals surface area contributed by atoms with Crippen LogP contribution in [0.2, 0.25) is 5.02 Å². The van der Waals surface area contributed by atoms with Crippen molar-refractivity contribution in [1.82, 2.24) is 4.90 Å². The Hall–Kier alpha value is -2.18. The Kier molecular flexibility index (Phi) is 6.06. The highest BCUT2D eigenvalue weighted by Crippen LogP contribution is 2.31. The van der Waals surface area contributed by atoms with Crippen molar-refractivity contribution < 1.29 is 14.3 Å². The molecule has 0 aliphatic carbocycles. The lowest BCUT2D eigenvalue weighted by Gasteiger charge is -2.18. The highest BCUT2D eigenvalue weighted by molar-refractivity contribution is 7.99. The first-order chi connectivity index (χ1) is 12.5. The molecule has 5 nitrogen and oxygen atoms in total. The number of hydrogen-bond donors (Lipinski definition) is 1. The minimum atomic E-state index is -0.126. The van der Waals surface area contributed by atoms with E-state index in [1.807, 2.05) is 18.2 Å². The molecule has 0 aromatic heterocycles. The van der Waals surface area contributed by atoms with E-state index in [1.54, 1.807) is 48.0 Å². The van der Waals surface area contributed by atoms with Gasteiger partial charge in [0.2, 0.25) is 5.91 Å². The number of para-hydroxylation sites is 1. The molecular weight excluding hydrogens is 372 g/mol. The number of anilines is 1. The van der Waals surface area contributed by atoms with Gasteiger partial charge in [-0.05, 0) is 30.3 Å². The monoisotopic (exact) mass is 390 g/mol. The number of carbonyl (C=O) groups is 2. The number of thioether (sulfide) groups is 1. The molecule has 0 bridgehead atoms. The molecule has 1 aliphatic heterocycles. The van der Waals surface area contributed by atoms with E-state index in [0.717, 1.165) is 10.6 Å². The van der Waals surface area contributed by atoms with Gasteiger partial charge in [-0.15, -0.1) is 11.8 Å². The van der Waals surface area contributed by atoms with E-state index in [1.165, 1.54) is 0 Å². The van der Waals surface area contributed by atoms with E-state index in [0.29, 0.717) is 41.6 Å². The van der Waals surface area contributed by atoms with E-state index in [9.17, 15) is 9.59 Å². The Morgan fingerprint density at radius 1 is 1.31 bits per heavy atom. The summed E-state index contributed by atoms with van der Waals surface area (Å²) < 4.78 is 5.63. The predicted octanol–water partition coefficient (Wildman–Crippen LogP) is 3.93. The zero-order valence-electron chi connectivity index (χ0n) is 14.3. The summed E-state index contributed by atoms with van der Waals surface area (Å²) in [6.07, 6.45) is 0.474. The Morgan fingerprint density at radius 2 is 2.12 bits per heavy atom. The van der Waals surface area contributed by atoms with Gasteiger partial charge >= 0.3 is 0 Å². The summed E-state index contributed by atoms with van der Waals surface area (Å²) in [7, 11) is 1.72. The third-order valence-electron chi connectivity index (χ3n) is 3.95. The second-order valence-corrected chi connectivity index (χ2v) is 7.41. The minimum Gasteiger partial charge on any atom is -0.490 e. The standard InChI is InChI=1S/C19H19ClN2O3S/c1-22(9-10-25-16-5-3-2-4-14(16)20)19(24)13-6-7-17-15(12-13)21-18(23)8-11-26-17/h2-7,12H,8-11H2,1H3,(H,21,23). The average molecular weight is 391 g/mol. The lowest BCUT2D eigenvalue weighted by molar-refractivity contribution is -0.115. The maximum Gasteiger partial charge on any atom is 0.253 e. The molecule has 7 heteroatoms. The molecule has 2 aromatic rings. The van der Waals surface area contributed by atoms with Crippen molar-refractivity contribution in [2.75, 3.05) is 31.3 Å². The smallest absolute Gasteiger partial charge is 0.253 e. The zero-order chi connectivity index (χ0) is 18.5. The van der Waals surface area contributed by atoms with Crippen LogP contribution in [-0.4, -0.2) is 42.7 Å². The number of halogens is 1. The van der Waals surface area contributed by atoms with Crippen LogP contribution in [0.5, 0.6) is 5.75 Å². The van der Waals surface area contributed by atoms with Crippen molar-refractivity contribution in [3.8, 4) is 5.75 Å². The number of hydrogen-bond acceptors (Lipinski definition) is 4. The first-order valence-electron chi connectivity index (χ1n) is 8.24. The van der Waals surface area contributed by atoms with Gasteiger partial charge < -0.3 is 15.0 Å². The maximum absolute atomic E-state index is 12.6. The number of carbonyl (C=O) groups excluding carboxylic acids is 2. The fourth-order valence-corrected chi connectivity index (χ4v) is 3.66. The fraction of sp³-hybridized carbons (Fsp3) is 0.263. The largest absolute Gasteiger partial charge is 0.490 e. The summed E-state index contributed by atoms with van der Waals surface area (Å²) in [5, 5.41) is 3.40. The van der Waals surface area contributed by atoms with E-state index in [-0.39, 0.29) is 11.8 Å². The number of likely N-dealkylation sites (N-methyl/N-ethyl adjacent to an activating group) is 1. The summed E-state index contributed by atoms with van der Waals surface area (Å²) in [5.41, 5.74) is 1.23. The van der Waals surface area contributed by atoms with Gasteiger partial charge in [0.25, 0.3) is 5.91 Å². The van der Waals surface area contributed by atoms with E-state index in [2.05, 4.69) is 5.32 Å². The number of nitrogens with one attached hydrogen (secondary N) is 1. The molecule has 26 heavy (non-hydrogen) atoms. The zero-order valence-corrected chi connectivity index (χ0v) is 15.9. The van der Waals surface area contributed by atoms with Crippen molar-refractivity contribution >= 4 is 40.9 Å². The van der Waals surface area contributed by atoms with Crippen LogP contribution in [0, 0.1) is 0 Å². The van der Waals surface area contributed by atoms with E-state index < -0.39 is 0 Å². The molecule has 2 aromatic carbocycles. The summed E-state index contributed by atoms with van der Waals surface area (Å²) in [6, 6.07) is 12.6. The van der Waals surface area contributed by atoms with Gasteiger partial charge in [-0.2, -0.15) is 0 Å². The number of rotatable bonds is 5. The quantitative estimate of drug-likeness (QED) is 0.840. The molecule has 1 N–H and O–H groups in total. The molecule has 0 fully saturated rings. The Morgan fingerprint density at radius 3 is 2.92 bits per heavy atom. The molecule has 1 aliphatic rings. The number of benzene rings is 2. The third kappa shape index (κ3) is 4.51. The van der Waals surface area contributed by atoms with Gasteiger partial charge in [-0.1, -0.05) is 23.7 Å². The third-order valence-corrected chi connectivity index (χ3v) is 5.34. The van der Waals surface area contributed by atoms with Gasteiger partial charge in [0.15, 0.2) is 0 Å². The van der Waals surface area contributed by atoms with Crippen LogP contribution < -0.4 is 10.1 Å². The van der Waals surface area contributed by atoms with Crippen LogP contribution in [0.4, 0.5) is 5.69 Å². The van der Waals surface area contributed by atoms with Gasteiger partial charge in [-0.25, -0.2) is 0 Å².